The van der Waals surface area contributed by atoms with Gasteiger partial charge in [0.2, 0.25) is 0 Å². The third kappa shape index (κ3) is 5.50. The molecule has 0 saturated carbocycles. The summed E-state index contributed by atoms with van der Waals surface area (Å²) in [4.78, 5) is 22.4. The Hall–Kier alpha value is -3.35. The van der Waals surface area contributed by atoms with Crippen molar-refractivity contribution in [2.24, 2.45) is 10.8 Å². The van der Waals surface area contributed by atoms with E-state index in [0.717, 1.165) is 0 Å². The average molecular weight is 312 g/mol. The number of benzene rings is 2. The highest BCUT2D eigenvalue weighted by Crippen LogP contribution is 2.16. The van der Waals surface area contributed by atoms with Crippen molar-refractivity contribution in [1.29, 1.82) is 0 Å². The van der Waals surface area contributed by atoms with E-state index in [9.17, 15) is 9.59 Å². The molecule has 0 saturated heterocycles. The van der Waals surface area contributed by atoms with Crippen LogP contribution >= 0.6 is 0 Å². The summed E-state index contributed by atoms with van der Waals surface area (Å²) in [6, 6.07) is 15.3. The second-order valence-corrected chi connectivity index (χ2v) is 4.47. The summed E-state index contributed by atoms with van der Waals surface area (Å²) in [6.45, 7) is -0.150. The first-order chi connectivity index (χ1) is 11.1. The lowest BCUT2D eigenvalue weighted by Gasteiger charge is -2.09. The van der Waals surface area contributed by atoms with Gasteiger partial charge in [-0.1, -0.05) is 30.3 Å². The molecule has 0 unspecified atom stereocenters. The molecule has 0 atom stereocenters. The van der Waals surface area contributed by atoms with Crippen LogP contribution in [0.15, 0.2) is 59.7 Å². The van der Waals surface area contributed by atoms with Crippen LogP contribution < -0.4 is 21.2 Å². The van der Waals surface area contributed by atoms with Gasteiger partial charge in [-0.05, 0) is 24.3 Å². The van der Waals surface area contributed by atoms with Gasteiger partial charge in [-0.25, -0.2) is 10.2 Å². The van der Waals surface area contributed by atoms with E-state index in [0.29, 0.717) is 17.0 Å². The minimum absolute atomic E-state index is 0.150. The fraction of sp³-hybridized carbons (Fsp3) is 0.0625. The molecule has 7 heteroatoms. The summed E-state index contributed by atoms with van der Waals surface area (Å²) in [6.07, 6.45) is 1.38. The lowest BCUT2D eigenvalue weighted by Crippen LogP contribution is -2.24. The van der Waals surface area contributed by atoms with Crippen LogP contribution in [-0.4, -0.2) is 24.8 Å². The van der Waals surface area contributed by atoms with Crippen LogP contribution in [0.3, 0.4) is 0 Å². The molecule has 2 rings (SSSR count). The number of urea groups is 1. The molecule has 0 aromatic heterocycles. The monoisotopic (exact) mass is 312 g/mol. The number of nitrogens with zero attached hydrogens (tertiary/aromatic N) is 1. The smallest absolute Gasteiger partial charge is 0.332 e. The van der Waals surface area contributed by atoms with E-state index < -0.39 is 6.03 Å². The third-order valence-electron chi connectivity index (χ3n) is 2.71. The highest BCUT2D eigenvalue weighted by atomic mass is 16.5. The van der Waals surface area contributed by atoms with Gasteiger partial charge < -0.3 is 15.8 Å². The molecule has 0 aliphatic rings. The molecule has 2 aromatic rings. The van der Waals surface area contributed by atoms with Crippen molar-refractivity contribution in [2.45, 2.75) is 0 Å². The minimum atomic E-state index is -0.762. The molecule has 118 valence electrons. The van der Waals surface area contributed by atoms with Gasteiger partial charge in [0.05, 0.1) is 6.21 Å². The van der Waals surface area contributed by atoms with Gasteiger partial charge in [0, 0.05) is 11.3 Å². The topological polar surface area (TPSA) is 106 Å². The fourth-order valence-corrected chi connectivity index (χ4v) is 1.75. The molecule has 0 bridgehead atoms. The Bertz CT molecular complexity index is 701. The van der Waals surface area contributed by atoms with Crippen LogP contribution in [0.4, 0.5) is 10.5 Å². The molecule has 2 aromatic carbocycles. The molecular weight excluding hydrogens is 296 g/mol. The number of primary amides is 1. The number of anilines is 1. The number of hydrogen-bond acceptors (Lipinski definition) is 4. The van der Waals surface area contributed by atoms with Gasteiger partial charge in [-0.3, -0.25) is 4.79 Å². The Labute approximate surface area is 133 Å². The number of ether oxygens (including phenoxy) is 1. The molecular formula is C16H16N4O3. The number of nitrogens with one attached hydrogen (secondary N) is 2. The molecule has 7 nitrogen and oxygen atoms in total. The van der Waals surface area contributed by atoms with E-state index in [1.165, 1.54) is 6.21 Å². The van der Waals surface area contributed by atoms with Crippen LogP contribution in [-0.2, 0) is 4.79 Å². The van der Waals surface area contributed by atoms with Gasteiger partial charge >= 0.3 is 6.03 Å². The highest BCUT2D eigenvalue weighted by Gasteiger charge is 2.06. The van der Waals surface area contributed by atoms with Crippen molar-refractivity contribution in [3.05, 3.63) is 60.2 Å². The number of amides is 3. The number of hydrazone groups is 1. The van der Waals surface area contributed by atoms with Gasteiger partial charge in [0.1, 0.15) is 5.75 Å². The molecule has 23 heavy (non-hydrogen) atoms. The van der Waals surface area contributed by atoms with Crippen LogP contribution in [0.5, 0.6) is 5.75 Å². The number of nitrogens with two attached hydrogens (primary N) is 1. The van der Waals surface area contributed by atoms with Crippen molar-refractivity contribution in [3.8, 4) is 5.75 Å². The van der Waals surface area contributed by atoms with E-state index in [1.807, 2.05) is 18.2 Å². The Morgan fingerprint density at radius 2 is 1.78 bits per heavy atom. The van der Waals surface area contributed by atoms with Gasteiger partial charge in [0.15, 0.2) is 6.61 Å². The first-order valence-electron chi connectivity index (χ1n) is 6.80. The lowest BCUT2D eigenvalue weighted by molar-refractivity contribution is -0.118. The summed E-state index contributed by atoms with van der Waals surface area (Å²) in [5, 5.41) is 6.39. The van der Waals surface area contributed by atoms with E-state index in [-0.39, 0.29) is 12.5 Å². The SMILES string of the molecule is NC(=O)NN=Cc1ccccc1OCC(=O)Nc1ccccc1. The van der Waals surface area contributed by atoms with Crippen molar-refractivity contribution in [1.82, 2.24) is 5.43 Å². The zero-order valence-electron chi connectivity index (χ0n) is 12.2. The van der Waals surface area contributed by atoms with E-state index in [4.69, 9.17) is 10.5 Å². The second kappa shape index (κ2) is 8.18. The maximum Gasteiger partial charge on any atom is 0.332 e. The second-order valence-electron chi connectivity index (χ2n) is 4.47. The molecule has 0 aliphatic carbocycles. The van der Waals surface area contributed by atoms with E-state index >= 15 is 0 Å². The van der Waals surface area contributed by atoms with Crippen molar-refractivity contribution in [2.75, 3.05) is 11.9 Å². The van der Waals surface area contributed by atoms with E-state index in [2.05, 4.69) is 15.8 Å². The Balaban J connectivity index is 1.93. The first kappa shape index (κ1) is 16.0. The summed E-state index contributed by atoms with van der Waals surface area (Å²) in [5.74, 6) is 0.184. The zero-order valence-corrected chi connectivity index (χ0v) is 12.2. The molecule has 3 amide bonds. The predicted octanol–water partition coefficient (Wildman–Crippen LogP) is 1.71. The van der Waals surface area contributed by atoms with Gasteiger partial charge in [-0.2, -0.15) is 5.10 Å². The number of carbonyl (C=O) groups excluding carboxylic acids is 2. The molecule has 0 fully saturated rings. The number of rotatable bonds is 6. The quantitative estimate of drug-likeness (QED) is 0.558. The third-order valence-corrected chi connectivity index (χ3v) is 2.71. The average Bonchev–Trinajstić information content (AvgIpc) is 2.54. The van der Waals surface area contributed by atoms with Gasteiger partial charge in [0.25, 0.3) is 5.91 Å². The first-order valence-corrected chi connectivity index (χ1v) is 6.80. The maximum atomic E-state index is 11.9. The fourth-order valence-electron chi connectivity index (χ4n) is 1.75. The normalized spacial score (nSPS) is 10.3. The molecule has 0 radical (unpaired) electrons. The van der Waals surface area contributed by atoms with Crippen LogP contribution in [0, 0.1) is 0 Å². The van der Waals surface area contributed by atoms with Gasteiger partial charge in [-0.15, -0.1) is 0 Å². The zero-order chi connectivity index (χ0) is 16.5. The lowest BCUT2D eigenvalue weighted by atomic mass is 10.2. The molecule has 0 aliphatic heterocycles. The molecule has 0 heterocycles. The van der Waals surface area contributed by atoms with E-state index in [1.54, 1.807) is 36.4 Å². The molecule has 0 spiro atoms. The summed E-state index contributed by atoms with van der Waals surface area (Å²) in [5.41, 5.74) is 8.31. The van der Waals surface area contributed by atoms with Crippen molar-refractivity contribution < 1.29 is 14.3 Å². The Morgan fingerprint density at radius 1 is 1.09 bits per heavy atom. The van der Waals surface area contributed by atoms with Crippen molar-refractivity contribution >= 4 is 23.8 Å². The molecule has 4 N–H and O–H groups in total. The number of hydrogen-bond donors (Lipinski definition) is 3. The predicted molar refractivity (Wildman–Crippen MR) is 87.3 cm³/mol. The van der Waals surface area contributed by atoms with Crippen molar-refractivity contribution in [3.63, 3.8) is 0 Å². The summed E-state index contributed by atoms with van der Waals surface area (Å²) in [7, 11) is 0. The highest BCUT2D eigenvalue weighted by molar-refractivity contribution is 5.92. The largest absolute Gasteiger partial charge is 0.483 e. The summed E-state index contributed by atoms with van der Waals surface area (Å²) < 4.78 is 5.48. The Kier molecular flexibility index (Phi) is 5.70. The van der Waals surface area contributed by atoms with Crippen LogP contribution in [0.1, 0.15) is 5.56 Å². The summed E-state index contributed by atoms with van der Waals surface area (Å²) >= 11 is 0. The maximum absolute atomic E-state index is 11.9. The number of para-hydroxylation sites is 2. The standard InChI is InChI=1S/C16H16N4O3/c17-16(22)20-18-10-12-6-4-5-9-14(12)23-11-15(21)19-13-7-2-1-3-8-13/h1-10H,11H2,(H,19,21)(H3,17,20,22). The minimum Gasteiger partial charge on any atom is -0.483 e. The number of carbonyl (C=O) groups is 2. The Morgan fingerprint density at radius 3 is 2.52 bits per heavy atom. The van der Waals surface area contributed by atoms with Crippen LogP contribution in [0.2, 0.25) is 0 Å². The van der Waals surface area contributed by atoms with Crippen LogP contribution in [0.25, 0.3) is 0 Å².